The second-order valence-corrected chi connectivity index (χ2v) is 5.94. The fourth-order valence-corrected chi connectivity index (χ4v) is 2.94. The first kappa shape index (κ1) is 16.8. The Balaban J connectivity index is 1.76. The summed E-state index contributed by atoms with van der Waals surface area (Å²) in [6.07, 6.45) is 5.50. The first-order valence-electron chi connectivity index (χ1n) is 8.13. The van der Waals surface area contributed by atoms with Gasteiger partial charge in [-0.2, -0.15) is 0 Å². The molecule has 0 amide bonds. The summed E-state index contributed by atoms with van der Waals surface area (Å²) in [5.74, 6) is 0.893. The van der Waals surface area contributed by atoms with Gasteiger partial charge in [0.25, 0.3) is 0 Å². The van der Waals surface area contributed by atoms with E-state index in [4.69, 9.17) is 4.74 Å². The van der Waals surface area contributed by atoms with Crippen LogP contribution in [0.1, 0.15) is 25.7 Å². The number of anilines is 1. The molecular weight excluding hydrogens is 276 g/mol. The lowest BCUT2D eigenvalue weighted by atomic mass is 10.0. The fraction of sp³-hybridized carbons (Fsp3) is 0.556. The summed E-state index contributed by atoms with van der Waals surface area (Å²) in [7, 11) is 1.70. The molecule has 0 bridgehead atoms. The quantitative estimate of drug-likeness (QED) is 0.725. The van der Waals surface area contributed by atoms with Gasteiger partial charge < -0.3 is 20.1 Å². The number of para-hydroxylation sites is 2. The monoisotopic (exact) mass is 304 g/mol. The van der Waals surface area contributed by atoms with Crippen molar-refractivity contribution in [3.8, 4) is 5.75 Å². The molecule has 4 nitrogen and oxygen atoms in total. The zero-order valence-electron chi connectivity index (χ0n) is 13.5. The van der Waals surface area contributed by atoms with Crippen LogP contribution in [0.2, 0.25) is 0 Å². The number of methoxy groups -OCH3 is 1. The van der Waals surface area contributed by atoms with Crippen LogP contribution in [0.15, 0.2) is 36.9 Å². The number of piperidine rings is 1. The van der Waals surface area contributed by atoms with Crippen molar-refractivity contribution in [2.75, 3.05) is 32.1 Å². The molecule has 1 aromatic carbocycles. The molecule has 1 saturated heterocycles. The van der Waals surface area contributed by atoms with E-state index in [-0.39, 0.29) is 6.10 Å². The number of rotatable bonds is 8. The molecule has 1 aromatic rings. The number of benzene rings is 1. The molecule has 1 aliphatic rings. The topological polar surface area (TPSA) is 44.7 Å². The average Bonchev–Trinajstić information content (AvgIpc) is 2.55. The first-order valence-corrected chi connectivity index (χ1v) is 8.13. The van der Waals surface area contributed by atoms with Gasteiger partial charge in [-0.25, -0.2) is 0 Å². The fourth-order valence-electron chi connectivity index (χ4n) is 2.94. The third kappa shape index (κ3) is 5.04. The maximum absolute atomic E-state index is 9.98. The third-order valence-corrected chi connectivity index (χ3v) is 4.23. The summed E-state index contributed by atoms with van der Waals surface area (Å²) in [4.78, 5) is 2.36. The highest BCUT2D eigenvalue weighted by Crippen LogP contribution is 2.26. The van der Waals surface area contributed by atoms with Crippen LogP contribution in [0, 0.1) is 0 Å². The summed E-state index contributed by atoms with van der Waals surface area (Å²) in [6, 6.07) is 8.52. The molecule has 1 aliphatic heterocycles. The SMILES string of the molecule is C=CCCC(O)CN1CCC(Nc2ccccc2OC)CC1. The molecule has 2 rings (SSSR count). The molecule has 22 heavy (non-hydrogen) atoms. The minimum Gasteiger partial charge on any atom is -0.495 e. The van der Waals surface area contributed by atoms with E-state index in [1.165, 1.54) is 0 Å². The molecule has 0 aliphatic carbocycles. The van der Waals surface area contributed by atoms with Gasteiger partial charge in [0.1, 0.15) is 5.75 Å². The van der Waals surface area contributed by atoms with Crippen molar-refractivity contribution in [1.82, 2.24) is 4.90 Å². The Kier molecular flexibility index (Phi) is 6.74. The lowest BCUT2D eigenvalue weighted by molar-refractivity contribution is 0.0934. The molecular formula is C18H28N2O2. The minimum absolute atomic E-state index is 0.239. The Morgan fingerprint density at radius 1 is 1.41 bits per heavy atom. The Morgan fingerprint density at radius 2 is 2.14 bits per heavy atom. The molecule has 0 radical (unpaired) electrons. The number of nitrogens with one attached hydrogen (secondary N) is 1. The average molecular weight is 304 g/mol. The number of allylic oxidation sites excluding steroid dienone is 1. The summed E-state index contributed by atoms with van der Waals surface area (Å²) in [6.45, 7) is 6.52. The highest BCUT2D eigenvalue weighted by Gasteiger charge is 2.21. The molecule has 4 heteroatoms. The van der Waals surface area contributed by atoms with Crippen molar-refractivity contribution >= 4 is 5.69 Å². The van der Waals surface area contributed by atoms with Gasteiger partial charge in [0.15, 0.2) is 0 Å². The molecule has 122 valence electrons. The molecule has 0 aromatic heterocycles. The van der Waals surface area contributed by atoms with Crippen LogP contribution >= 0.6 is 0 Å². The standard InChI is InChI=1S/C18H28N2O2/c1-3-4-7-16(21)14-20-12-10-15(11-13-20)19-17-8-5-6-9-18(17)22-2/h3,5-6,8-9,15-16,19,21H,1,4,7,10-14H2,2H3. The van der Waals surface area contributed by atoms with E-state index < -0.39 is 0 Å². The third-order valence-electron chi connectivity index (χ3n) is 4.23. The Bertz CT molecular complexity index is 456. The van der Waals surface area contributed by atoms with Crippen LogP contribution in [0.4, 0.5) is 5.69 Å². The Labute approximate surface area is 133 Å². The lowest BCUT2D eigenvalue weighted by Crippen LogP contribution is -2.42. The smallest absolute Gasteiger partial charge is 0.141 e. The van der Waals surface area contributed by atoms with E-state index in [0.29, 0.717) is 6.04 Å². The number of nitrogens with zero attached hydrogens (tertiary/aromatic N) is 1. The molecule has 1 heterocycles. The number of likely N-dealkylation sites (tertiary alicyclic amines) is 1. The van der Waals surface area contributed by atoms with Crippen molar-refractivity contribution in [2.45, 2.75) is 37.8 Å². The van der Waals surface area contributed by atoms with Gasteiger partial charge in [0.2, 0.25) is 0 Å². The van der Waals surface area contributed by atoms with Crippen molar-refractivity contribution in [3.05, 3.63) is 36.9 Å². The summed E-state index contributed by atoms with van der Waals surface area (Å²) in [5, 5.41) is 13.6. The molecule has 1 fully saturated rings. The van der Waals surface area contributed by atoms with Gasteiger partial charge in [-0.1, -0.05) is 18.2 Å². The van der Waals surface area contributed by atoms with E-state index in [1.807, 2.05) is 24.3 Å². The summed E-state index contributed by atoms with van der Waals surface area (Å²) >= 11 is 0. The second-order valence-electron chi connectivity index (χ2n) is 5.94. The highest BCUT2D eigenvalue weighted by molar-refractivity contribution is 5.56. The van der Waals surface area contributed by atoms with Crippen LogP contribution < -0.4 is 10.1 Å². The number of hydrogen-bond donors (Lipinski definition) is 2. The maximum atomic E-state index is 9.98. The van der Waals surface area contributed by atoms with E-state index in [0.717, 1.165) is 56.8 Å². The van der Waals surface area contributed by atoms with Gasteiger partial charge in [0, 0.05) is 25.7 Å². The number of aliphatic hydroxyl groups excluding tert-OH is 1. The summed E-state index contributed by atoms with van der Waals surface area (Å²) < 4.78 is 5.38. The lowest BCUT2D eigenvalue weighted by Gasteiger charge is -2.34. The summed E-state index contributed by atoms with van der Waals surface area (Å²) in [5.41, 5.74) is 1.06. The van der Waals surface area contributed by atoms with Gasteiger partial charge in [0.05, 0.1) is 18.9 Å². The zero-order chi connectivity index (χ0) is 15.8. The molecule has 1 unspecified atom stereocenters. The van der Waals surface area contributed by atoms with Gasteiger partial charge in [-0.05, 0) is 37.8 Å². The molecule has 1 atom stereocenters. The van der Waals surface area contributed by atoms with Gasteiger partial charge >= 0.3 is 0 Å². The van der Waals surface area contributed by atoms with Gasteiger partial charge in [-0.15, -0.1) is 6.58 Å². The Hall–Kier alpha value is -1.52. The number of hydrogen-bond acceptors (Lipinski definition) is 4. The maximum Gasteiger partial charge on any atom is 0.141 e. The van der Waals surface area contributed by atoms with E-state index in [9.17, 15) is 5.11 Å². The highest BCUT2D eigenvalue weighted by atomic mass is 16.5. The predicted molar refractivity (Wildman–Crippen MR) is 91.5 cm³/mol. The van der Waals surface area contributed by atoms with Crippen molar-refractivity contribution in [2.24, 2.45) is 0 Å². The van der Waals surface area contributed by atoms with E-state index >= 15 is 0 Å². The van der Waals surface area contributed by atoms with Crippen LogP contribution in [0.25, 0.3) is 0 Å². The first-order chi connectivity index (χ1) is 10.7. The zero-order valence-corrected chi connectivity index (χ0v) is 13.5. The van der Waals surface area contributed by atoms with Crippen molar-refractivity contribution in [3.63, 3.8) is 0 Å². The van der Waals surface area contributed by atoms with Crippen LogP contribution in [-0.2, 0) is 0 Å². The normalized spacial score (nSPS) is 17.9. The van der Waals surface area contributed by atoms with Crippen LogP contribution in [-0.4, -0.2) is 48.9 Å². The number of aliphatic hydroxyl groups is 1. The van der Waals surface area contributed by atoms with Crippen LogP contribution in [0.5, 0.6) is 5.75 Å². The molecule has 2 N–H and O–H groups in total. The number of β-amino-alcohol motifs (C(OH)–C–C–N with tert-alkyl or cyclic N) is 1. The van der Waals surface area contributed by atoms with Gasteiger partial charge in [-0.3, -0.25) is 0 Å². The number of ether oxygens (including phenoxy) is 1. The Morgan fingerprint density at radius 3 is 2.82 bits per heavy atom. The van der Waals surface area contributed by atoms with E-state index in [1.54, 1.807) is 7.11 Å². The van der Waals surface area contributed by atoms with Crippen LogP contribution in [0.3, 0.4) is 0 Å². The molecule has 0 spiro atoms. The largest absolute Gasteiger partial charge is 0.495 e. The van der Waals surface area contributed by atoms with Crippen molar-refractivity contribution in [1.29, 1.82) is 0 Å². The van der Waals surface area contributed by atoms with Crippen molar-refractivity contribution < 1.29 is 9.84 Å². The second kappa shape index (κ2) is 8.81. The molecule has 0 saturated carbocycles. The van der Waals surface area contributed by atoms with E-state index in [2.05, 4.69) is 22.9 Å². The minimum atomic E-state index is -0.239. The predicted octanol–water partition coefficient (Wildman–Crippen LogP) is 2.90.